The Morgan fingerprint density at radius 1 is 1.53 bits per heavy atom. The van der Waals surface area contributed by atoms with Gasteiger partial charge < -0.3 is 5.32 Å². The monoisotopic (exact) mass is 273 g/mol. The van der Waals surface area contributed by atoms with Crippen LogP contribution in [0.5, 0.6) is 0 Å². The second kappa shape index (κ2) is 5.30. The number of hydrogen-bond donors (Lipinski definition) is 1. The number of nitrogens with one attached hydrogen (secondary N) is 1. The van der Waals surface area contributed by atoms with Gasteiger partial charge in [0, 0.05) is 13.1 Å². The molecule has 1 N–H and O–H groups in total. The highest BCUT2D eigenvalue weighted by Crippen LogP contribution is 2.18. The first-order valence-electron chi connectivity index (χ1n) is 5.08. The molecule has 0 saturated carbocycles. The lowest BCUT2D eigenvalue weighted by Gasteiger charge is -2.16. The summed E-state index contributed by atoms with van der Waals surface area (Å²) in [5, 5.41) is 7.26. The van der Waals surface area contributed by atoms with Crippen molar-refractivity contribution in [3.63, 3.8) is 0 Å². The molecule has 1 aromatic heterocycles. The number of hydrogen-bond acceptors (Lipinski definition) is 3. The van der Waals surface area contributed by atoms with Gasteiger partial charge in [0.25, 0.3) is 5.56 Å². The van der Waals surface area contributed by atoms with Crippen molar-refractivity contribution in [3.8, 4) is 0 Å². The molecule has 0 atom stereocenters. The number of aryl methyl sites for hydroxylation is 1. The Kier molecular flexibility index (Phi) is 4.32. The summed E-state index contributed by atoms with van der Waals surface area (Å²) in [6.45, 7) is 4.23. The molecule has 0 unspecified atom stereocenters. The van der Waals surface area contributed by atoms with Crippen LogP contribution in [0.15, 0.2) is 15.5 Å². The van der Waals surface area contributed by atoms with Gasteiger partial charge in [-0.2, -0.15) is 5.10 Å². The predicted molar refractivity (Wildman–Crippen MR) is 65.2 cm³/mol. The fraction of sp³-hybridized carbons (Fsp3) is 0.600. The molecule has 4 nitrogen and oxygen atoms in total. The molecule has 0 fully saturated rings. The standard InChI is InChI=1S/C10H16BrN3O/c1-4-7(5-2)13-8-6-12-14(3)10(15)9(8)11/h6-7,13H,4-5H2,1-3H3. The summed E-state index contributed by atoms with van der Waals surface area (Å²) >= 11 is 3.28. The van der Waals surface area contributed by atoms with E-state index in [0.717, 1.165) is 18.5 Å². The van der Waals surface area contributed by atoms with Crippen molar-refractivity contribution in [2.24, 2.45) is 7.05 Å². The van der Waals surface area contributed by atoms with Gasteiger partial charge >= 0.3 is 0 Å². The highest BCUT2D eigenvalue weighted by molar-refractivity contribution is 9.10. The molecule has 0 radical (unpaired) electrons. The first-order valence-corrected chi connectivity index (χ1v) is 5.87. The number of rotatable bonds is 4. The van der Waals surface area contributed by atoms with Crippen LogP contribution in [0.25, 0.3) is 0 Å². The maximum atomic E-state index is 11.6. The molecule has 1 aromatic rings. The number of nitrogens with zero attached hydrogens (tertiary/aromatic N) is 2. The van der Waals surface area contributed by atoms with Gasteiger partial charge in [-0.1, -0.05) is 13.8 Å². The van der Waals surface area contributed by atoms with E-state index in [1.54, 1.807) is 13.2 Å². The second-order valence-electron chi connectivity index (χ2n) is 3.46. The SMILES string of the molecule is CCC(CC)Nc1cnn(C)c(=O)c1Br. The molecular formula is C10H16BrN3O. The lowest BCUT2D eigenvalue weighted by atomic mass is 10.2. The van der Waals surface area contributed by atoms with E-state index < -0.39 is 0 Å². The maximum absolute atomic E-state index is 11.6. The third-order valence-electron chi connectivity index (χ3n) is 2.42. The number of aromatic nitrogens is 2. The molecule has 1 rings (SSSR count). The highest BCUT2D eigenvalue weighted by atomic mass is 79.9. The van der Waals surface area contributed by atoms with Crippen LogP contribution in [0, 0.1) is 0 Å². The zero-order valence-corrected chi connectivity index (χ0v) is 10.8. The topological polar surface area (TPSA) is 46.9 Å². The summed E-state index contributed by atoms with van der Waals surface area (Å²) in [6.07, 6.45) is 3.72. The van der Waals surface area contributed by atoms with Crippen molar-refractivity contribution in [3.05, 3.63) is 21.0 Å². The minimum absolute atomic E-state index is 0.119. The molecular weight excluding hydrogens is 258 g/mol. The maximum Gasteiger partial charge on any atom is 0.282 e. The first kappa shape index (κ1) is 12.2. The normalized spacial score (nSPS) is 10.7. The Morgan fingerprint density at radius 2 is 2.13 bits per heavy atom. The van der Waals surface area contributed by atoms with Gasteiger partial charge in [-0.25, -0.2) is 4.68 Å². The molecule has 1 heterocycles. The Hall–Kier alpha value is -0.840. The Labute approximate surface area is 97.8 Å². The van der Waals surface area contributed by atoms with Gasteiger partial charge in [-0.15, -0.1) is 0 Å². The van der Waals surface area contributed by atoms with E-state index in [9.17, 15) is 4.79 Å². The molecule has 5 heteroatoms. The van der Waals surface area contributed by atoms with Crippen molar-refractivity contribution in [2.45, 2.75) is 32.7 Å². The molecule has 84 valence electrons. The van der Waals surface area contributed by atoms with Crippen molar-refractivity contribution >= 4 is 21.6 Å². The summed E-state index contributed by atoms with van der Waals surface area (Å²) in [7, 11) is 1.63. The number of halogens is 1. The van der Waals surface area contributed by atoms with Crippen LogP contribution in [-0.2, 0) is 7.05 Å². The molecule has 0 spiro atoms. The largest absolute Gasteiger partial charge is 0.380 e. The van der Waals surface area contributed by atoms with Crippen LogP contribution in [0.2, 0.25) is 0 Å². The van der Waals surface area contributed by atoms with E-state index in [-0.39, 0.29) is 5.56 Å². The van der Waals surface area contributed by atoms with Crippen LogP contribution in [-0.4, -0.2) is 15.8 Å². The Balaban J connectivity index is 2.96. The van der Waals surface area contributed by atoms with E-state index in [1.807, 2.05) is 0 Å². The average Bonchev–Trinajstić information content (AvgIpc) is 2.25. The van der Waals surface area contributed by atoms with Gasteiger partial charge in [0.1, 0.15) is 4.47 Å². The zero-order chi connectivity index (χ0) is 11.4. The fourth-order valence-corrected chi connectivity index (χ4v) is 1.80. The lowest BCUT2D eigenvalue weighted by molar-refractivity contribution is 0.662. The van der Waals surface area contributed by atoms with E-state index >= 15 is 0 Å². The quantitative estimate of drug-likeness (QED) is 0.915. The van der Waals surface area contributed by atoms with Gasteiger partial charge in [-0.3, -0.25) is 4.79 Å². The molecule has 0 bridgehead atoms. The first-order chi connectivity index (χ1) is 7.10. The second-order valence-corrected chi connectivity index (χ2v) is 4.25. The zero-order valence-electron chi connectivity index (χ0n) is 9.25. The predicted octanol–water partition coefficient (Wildman–Crippen LogP) is 2.14. The molecule has 0 aromatic carbocycles. The van der Waals surface area contributed by atoms with Gasteiger partial charge in [-0.05, 0) is 28.8 Å². The molecule has 0 amide bonds. The van der Waals surface area contributed by atoms with Gasteiger partial charge in [0.05, 0.1) is 11.9 Å². The minimum Gasteiger partial charge on any atom is -0.380 e. The van der Waals surface area contributed by atoms with Crippen LogP contribution >= 0.6 is 15.9 Å². The molecule has 0 aliphatic heterocycles. The lowest BCUT2D eigenvalue weighted by Crippen LogP contribution is -2.24. The average molecular weight is 274 g/mol. The third-order valence-corrected chi connectivity index (χ3v) is 3.19. The van der Waals surface area contributed by atoms with Crippen LogP contribution in [0.1, 0.15) is 26.7 Å². The van der Waals surface area contributed by atoms with E-state index in [4.69, 9.17) is 0 Å². The summed E-state index contributed by atoms with van der Waals surface area (Å²) in [6, 6.07) is 0.384. The van der Waals surface area contributed by atoms with Gasteiger partial charge in [0.2, 0.25) is 0 Å². The smallest absolute Gasteiger partial charge is 0.282 e. The summed E-state index contributed by atoms with van der Waals surface area (Å²) in [4.78, 5) is 11.6. The number of anilines is 1. The minimum atomic E-state index is -0.119. The van der Waals surface area contributed by atoms with Crippen molar-refractivity contribution in [2.75, 3.05) is 5.32 Å². The van der Waals surface area contributed by atoms with Crippen LogP contribution in [0.3, 0.4) is 0 Å². The van der Waals surface area contributed by atoms with Crippen LogP contribution in [0.4, 0.5) is 5.69 Å². The molecule has 0 saturated heterocycles. The van der Waals surface area contributed by atoms with Gasteiger partial charge in [0.15, 0.2) is 0 Å². The van der Waals surface area contributed by atoms with E-state index in [1.165, 1.54) is 4.68 Å². The van der Waals surface area contributed by atoms with Crippen molar-refractivity contribution in [1.29, 1.82) is 0 Å². The molecule has 0 aliphatic rings. The van der Waals surface area contributed by atoms with Crippen molar-refractivity contribution < 1.29 is 0 Å². The highest BCUT2D eigenvalue weighted by Gasteiger charge is 2.09. The Morgan fingerprint density at radius 3 is 2.67 bits per heavy atom. The van der Waals surface area contributed by atoms with Crippen LogP contribution < -0.4 is 10.9 Å². The van der Waals surface area contributed by atoms with Crippen molar-refractivity contribution in [1.82, 2.24) is 9.78 Å². The fourth-order valence-electron chi connectivity index (χ4n) is 1.32. The summed E-state index contributed by atoms with van der Waals surface area (Å²) in [5.74, 6) is 0. The summed E-state index contributed by atoms with van der Waals surface area (Å²) < 4.78 is 1.86. The summed E-state index contributed by atoms with van der Waals surface area (Å²) in [5.41, 5.74) is 0.651. The third kappa shape index (κ3) is 2.81. The molecule has 15 heavy (non-hydrogen) atoms. The van der Waals surface area contributed by atoms with E-state index in [2.05, 4.69) is 40.2 Å². The Bertz CT molecular complexity index is 385. The van der Waals surface area contributed by atoms with E-state index in [0.29, 0.717) is 10.5 Å². The molecule has 0 aliphatic carbocycles.